The molecule has 0 bridgehead atoms. The van der Waals surface area contributed by atoms with E-state index in [9.17, 15) is 0 Å². The summed E-state index contributed by atoms with van der Waals surface area (Å²) in [5.74, 6) is 0. The smallest absolute Gasteiger partial charge is 0.0197 e. The second-order valence-corrected chi connectivity index (χ2v) is 7.71. The molecule has 0 amide bonds. The standard InChI is InChI=1S/C13H10.C5H12Si/c1-4-10-6-2-8-12-9-3-7-11(5-1)13(10)12;1-2-4-6-5-3-1/h1-8H,9H2;1-6H2. The highest BCUT2D eigenvalue weighted by Crippen LogP contribution is 2.27. The van der Waals surface area contributed by atoms with Crippen LogP contribution in [0.1, 0.15) is 30.4 Å². The number of rotatable bonds is 0. The topological polar surface area (TPSA) is 0 Å². The maximum Gasteiger partial charge on any atom is 0.0197 e. The summed E-state index contributed by atoms with van der Waals surface area (Å²) in [6.07, 6.45) is 10.2. The third-order valence-corrected chi connectivity index (χ3v) is 6.16. The monoisotopic (exact) mass is 266 g/mol. The molecule has 0 saturated carbocycles. The molecule has 1 heteroatoms. The molecular weight excluding hydrogens is 244 g/mol. The Morgan fingerprint density at radius 3 is 2.32 bits per heavy atom. The van der Waals surface area contributed by atoms with E-state index in [2.05, 4.69) is 48.6 Å². The highest BCUT2D eigenvalue weighted by molar-refractivity contribution is 6.35. The molecule has 1 aliphatic carbocycles. The van der Waals surface area contributed by atoms with E-state index >= 15 is 0 Å². The van der Waals surface area contributed by atoms with Crippen LogP contribution < -0.4 is 0 Å². The minimum Gasteiger partial charge on any atom is -0.0795 e. The van der Waals surface area contributed by atoms with Gasteiger partial charge in [-0.1, -0.05) is 79.9 Å². The Bertz CT molecular complexity index is 563. The first-order valence-electron chi connectivity index (χ1n) is 7.62. The summed E-state index contributed by atoms with van der Waals surface area (Å²) in [7, 11) is 0.508. The van der Waals surface area contributed by atoms with Gasteiger partial charge in [0.15, 0.2) is 0 Å². The van der Waals surface area contributed by atoms with Crippen molar-refractivity contribution in [3.8, 4) is 0 Å². The molecule has 4 rings (SSSR count). The van der Waals surface area contributed by atoms with Crippen LogP contribution in [0, 0.1) is 0 Å². The van der Waals surface area contributed by atoms with E-state index in [1.807, 2.05) is 0 Å². The largest absolute Gasteiger partial charge is 0.0795 e. The minimum atomic E-state index is 0.508. The van der Waals surface area contributed by atoms with Gasteiger partial charge < -0.3 is 0 Å². The lowest BCUT2D eigenvalue weighted by Crippen LogP contribution is -1.94. The number of allylic oxidation sites excluding steroid dienone is 1. The van der Waals surface area contributed by atoms with Crippen LogP contribution in [-0.2, 0) is 6.42 Å². The maximum atomic E-state index is 2.23. The highest BCUT2D eigenvalue weighted by Gasteiger charge is 2.06. The van der Waals surface area contributed by atoms with Crippen LogP contribution in [0.25, 0.3) is 16.8 Å². The number of benzene rings is 2. The van der Waals surface area contributed by atoms with Gasteiger partial charge in [0.2, 0.25) is 0 Å². The van der Waals surface area contributed by atoms with Gasteiger partial charge in [-0.2, -0.15) is 0 Å². The summed E-state index contributed by atoms with van der Waals surface area (Å²) in [5.41, 5.74) is 2.81. The molecular formula is C18H22Si. The average molecular weight is 266 g/mol. The van der Waals surface area contributed by atoms with E-state index in [-0.39, 0.29) is 0 Å². The fourth-order valence-corrected chi connectivity index (χ4v) is 4.90. The van der Waals surface area contributed by atoms with Crippen molar-refractivity contribution in [3.63, 3.8) is 0 Å². The molecule has 0 nitrogen and oxygen atoms in total. The van der Waals surface area contributed by atoms with Crippen molar-refractivity contribution in [1.82, 2.24) is 0 Å². The highest BCUT2D eigenvalue weighted by atomic mass is 28.2. The van der Waals surface area contributed by atoms with E-state index in [4.69, 9.17) is 0 Å². The first-order valence-corrected chi connectivity index (χ1v) is 9.62. The van der Waals surface area contributed by atoms with Crippen LogP contribution in [0.15, 0.2) is 42.5 Å². The van der Waals surface area contributed by atoms with Crippen molar-refractivity contribution in [2.24, 2.45) is 0 Å². The lowest BCUT2D eigenvalue weighted by atomic mass is 9.93. The molecule has 0 atom stereocenters. The Labute approximate surface area is 118 Å². The molecule has 19 heavy (non-hydrogen) atoms. The van der Waals surface area contributed by atoms with Crippen molar-refractivity contribution >= 4 is 26.4 Å². The van der Waals surface area contributed by atoms with E-state index in [0.29, 0.717) is 9.52 Å². The van der Waals surface area contributed by atoms with Gasteiger partial charge in [-0.3, -0.25) is 0 Å². The fourth-order valence-electron chi connectivity index (χ4n) is 3.13. The normalized spacial score (nSPS) is 16.8. The Balaban J connectivity index is 0.000000155. The zero-order valence-electron chi connectivity index (χ0n) is 11.6. The lowest BCUT2D eigenvalue weighted by Gasteiger charge is -2.11. The van der Waals surface area contributed by atoms with Crippen LogP contribution >= 0.6 is 0 Å². The van der Waals surface area contributed by atoms with E-state index in [0.717, 1.165) is 6.42 Å². The molecule has 0 N–H and O–H groups in total. The van der Waals surface area contributed by atoms with Crippen LogP contribution in [0.5, 0.6) is 0 Å². The Hall–Kier alpha value is -1.34. The predicted octanol–water partition coefficient (Wildman–Crippen LogP) is 4.58. The molecule has 98 valence electrons. The molecule has 1 heterocycles. The number of hydrogen-bond acceptors (Lipinski definition) is 0. The molecule has 2 aromatic carbocycles. The van der Waals surface area contributed by atoms with Gasteiger partial charge in [0.1, 0.15) is 0 Å². The van der Waals surface area contributed by atoms with Crippen LogP contribution in [0.2, 0.25) is 12.1 Å². The van der Waals surface area contributed by atoms with Gasteiger partial charge >= 0.3 is 0 Å². The molecule has 1 aliphatic heterocycles. The van der Waals surface area contributed by atoms with Crippen molar-refractivity contribution < 1.29 is 0 Å². The quantitative estimate of drug-likeness (QED) is 0.612. The molecule has 2 aromatic rings. The summed E-state index contributed by atoms with van der Waals surface area (Å²) in [5, 5.41) is 2.80. The fraction of sp³-hybridized carbons (Fsp3) is 0.333. The zero-order valence-corrected chi connectivity index (χ0v) is 13.0. The summed E-state index contributed by atoms with van der Waals surface area (Å²) in [4.78, 5) is 0. The molecule has 2 aliphatic rings. The molecule has 0 unspecified atom stereocenters. The molecule has 1 saturated heterocycles. The SMILES string of the molecule is C1=Cc2cccc3cccc(c23)C1.C1CC[SiH2]CC1. The van der Waals surface area contributed by atoms with E-state index in [1.165, 1.54) is 28.3 Å². The average Bonchev–Trinajstić information content (AvgIpc) is 2.51. The summed E-state index contributed by atoms with van der Waals surface area (Å²) in [6, 6.07) is 16.3. The molecule has 1 fully saturated rings. The Morgan fingerprint density at radius 2 is 1.63 bits per heavy atom. The van der Waals surface area contributed by atoms with Gasteiger partial charge in [-0.05, 0) is 28.3 Å². The second kappa shape index (κ2) is 6.20. The lowest BCUT2D eigenvalue weighted by molar-refractivity contribution is 0.734. The van der Waals surface area contributed by atoms with Crippen molar-refractivity contribution in [1.29, 1.82) is 0 Å². The van der Waals surface area contributed by atoms with Crippen LogP contribution in [-0.4, -0.2) is 9.52 Å². The number of hydrogen-bond donors (Lipinski definition) is 0. The molecule has 0 spiro atoms. The zero-order chi connectivity index (χ0) is 12.9. The Morgan fingerprint density at radius 1 is 0.842 bits per heavy atom. The van der Waals surface area contributed by atoms with Crippen LogP contribution in [0.4, 0.5) is 0 Å². The first-order chi connectivity index (χ1) is 9.45. The summed E-state index contributed by atoms with van der Waals surface area (Å²) >= 11 is 0. The molecule has 0 radical (unpaired) electrons. The Kier molecular flexibility index (Phi) is 4.14. The predicted molar refractivity (Wildman–Crippen MR) is 88.7 cm³/mol. The third-order valence-electron chi connectivity index (χ3n) is 4.16. The summed E-state index contributed by atoms with van der Waals surface area (Å²) in [6.45, 7) is 0. The first kappa shape index (κ1) is 12.7. The minimum absolute atomic E-state index is 0.508. The third kappa shape index (κ3) is 2.98. The van der Waals surface area contributed by atoms with Crippen molar-refractivity contribution in [2.75, 3.05) is 0 Å². The maximum absolute atomic E-state index is 2.23. The van der Waals surface area contributed by atoms with Gasteiger partial charge in [0.05, 0.1) is 0 Å². The van der Waals surface area contributed by atoms with Crippen molar-refractivity contribution in [3.05, 3.63) is 53.6 Å². The van der Waals surface area contributed by atoms with Gasteiger partial charge in [-0.25, -0.2) is 0 Å². The van der Waals surface area contributed by atoms with Gasteiger partial charge in [0, 0.05) is 9.52 Å². The van der Waals surface area contributed by atoms with E-state index in [1.54, 1.807) is 24.9 Å². The molecule has 0 aromatic heterocycles. The van der Waals surface area contributed by atoms with Gasteiger partial charge in [-0.15, -0.1) is 0 Å². The van der Waals surface area contributed by atoms with Crippen molar-refractivity contribution in [2.45, 2.75) is 37.8 Å². The van der Waals surface area contributed by atoms with Gasteiger partial charge in [0.25, 0.3) is 0 Å². The second-order valence-electron chi connectivity index (χ2n) is 5.59. The van der Waals surface area contributed by atoms with E-state index < -0.39 is 0 Å². The summed E-state index contributed by atoms with van der Waals surface area (Å²) < 4.78 is 0. The van der Waals surface area contributed by atoms with Crippen LogP contribution in [0.3, 0.4) is 0 Å².